The van der Waals surface area contributed by atoms with Gasteiger partial charge in [0.2, 0.25) is 0 Å². The minimum absolute atomic E-state index is 0.802. The van der Waals surface area contributed by atoms with Gasteiger partial charge in [-0.05, 0) is 24.1 Å². The standard InChI is InChI=1S/C8H11IN2/c1-2-6-3-4-7(10)8(5-6)11-9/h3-5,11H,2,10H2,1H3. The number of hydrogen-bond acceptors (Lipinski definition) is 2. The zero-order valence-electron chi connectivity index (χ0n) is 6.39. The van der Waals surface area contributed by atoms with Gasteiger partial charge in [-0.15, -0.1) is 0 Å². The Morgan fingerprint density at radius 3 is 2.82 bits per heavy atom. The fourth-order valence-electron chi connectivity index (χ4n) is 0.905. The lowest BCUT2D eigenvalue weighted by atomic mass is 10.1. The van der Waals surface area contributed by atoms with Crippen LogP contribution in [0.1, 0.15) is 12.5 Å². The highest BCUT2D eigenvalue weighted by atomic mass is 127. The molecule has 0 saturated heterocycles. The van der Waals surface area contributed by atoms with Gasteiger partial charge in [-0.2, -0.15) is 0 Å². The van der Waals surface area contributed by atoms with E-state index in [0.717, 1.165) is 17.8 Å². The van der Waals surface area contributed by atoms with Gasteiger partial charge in [-0.25, -0.2) is 0 Å². The van der Waals surface area contributed by atoms with Crippen molar-refractivity contribution >= 4 is 34.2 Å². The van der Waals surface area contributed by atoms with E-state index in [-0.39, 0.29) is 0 Å². The van der Waals surface area contributed by atoms with Crippen LogP contribution in [-0.2, 0) is 6.42 Å². The van der Waals surface area contributed by atoms with Gasteiger partial charge in [0.1, 0.15) is 0 Å². The number of anilines is 2. The highest BCUT2D eigenvalue weighted by Crippen LogP contribution is 2.21. The predicted octanol–water partition coefficient (Wildman–Crippen LogP) is 2.59. The molecule has 0 unspecified atom stereocenters. The molecular formula is C8H11IN2. The fraction of sp³-hybridized carbons (Fsp3) is 0.250. The number of rotatable bonds is 2. The number of nitrogens with one attached hydrogen (secondary N) is 1. The Morgan fingerprint density at radius 2 is 2.27 bits per heavy atom. The first-order valence-corrected chi connectivity index (χ1v) is 4.61. The van der Waals surface area contributed by atoms with Crippen LogP contribution in [0.15, 0.2) is 18.2 Å². The molecule has 0 aliphatic rings. The number of hydrogen-bond donors (Lipinski definition) is 2. The minimum Gasteiger partial charge on any atom is -0.397 e. The van der Waals surface area contributed by atoms with E-state index in [1.807, 2.05) is 12.1 Å². The molecule has 1 aromatic rings. The van der Waals surface area contributed by atoms with Gasteiger partial charge in [0.05, 0.1) is 34.2 Å². The summed E-state index contributed by atoms with van der Waals surface area (Å²) in [6.45, 7) is 2.13. The molecule has 0 saturated carbocycles. The first-order valence-electron chi connectivity index (χ1n) is 3.53. The van der Waals surface area contributed by atoms with Crippen LogP contribution in [0.2, 0.25) is 0 Å². The van der Waals surface area contributed by atoms with Crippen molar-refractivity contribution in [1.29, 1.82) is 0 Å². The first-order chi connectivity index (χ1) is 5.27. The molecule has 0 radical (unpaired) electrons. The van der Waals surface area contributed by atoms with Crippen LogP contribution >= 0.6 is 22.9 Å². The van der Waals surface area contributed by atoms with E-state index in [9.17, 15) is 0 Å². The van der Waals surface area contributed by atoms with Crippen molar-refractivity contribution in [3.63, 3.8) is 0 Å². The number of benzene rings is 1. The van der Waals surface area contributed by atoms with Crippen molar-refractivity contribution in [2.75, 3.05) is 9.26 Å². The van der Waals surface area contributed by atoms with Gasteiger partial charge in [-0.1, -0.05) is 13.0 Å². The average molecular weight is 262 g/mol. The van der Waals surface area contributed by atoms with Gasteiger partial charge in [0.15, 0.2) is 0 Å². The van der Waals surface area contributed by atoms with Crippen molar-refractivity contribution in [3.8, 4) is 0 Å². The number of halogens is 1. The van der Waals surface area contributed by atoms with Gasteiger partial charge in [0, 0.05) is 0 Å². The van der Waals surface area contributed by atoms with Crippen LogP contribution in [0.4, 0.5) is 11.4 Å². The molecule has 2 nitrogen and oxygen atoms in total. The molecule has 0 amide bonds. The quantitative estimate of drug-likeness (QED) is 0.488. The predicted molar refractivity (Wildman–Crippen MR) is 57.9 cm³/mol. The Balaban J connectivity index is 3.02. The summed E-state index contributed by atoms with van der Waals surface area (Å²) in [5, 5.41) is 0. The first kappa shape index (κ1) is 8.64. The molecule has 0 aliphatic carbocycles. The maximum Gasteiger partial charge on any atom is 0.0663 e. The lowest BCUT2D eigenvalue weighted by Crippen LogP contribution is -1.92. The summed E-state index contributed by atoms with van der Waals surface area (Å²) in [5.41, 5.74) is 8.80. The molecule has 0 atom stereocenters. The normalized spacial score (nSPS) is 9.64. The monoisotopic (exact) mass is 262 g/mol. The van der Waals surface area contributed by atoms with E-state index < -0.39 is 0 Å². The maximum absolute atomic E-state index is 5.69. The molecule has 3 heteroatoms. The molecule has 3 N–H and O–H groups in total. The van der Waals surface area contributed by atoms with Gasteiger partial charge < -0.3 is 9.26 Å². The summed E-state index contributed by atoms with van der Waals surface area (Å²) in [5.74, 6) is 0. The molecule has 11 heavy (non-hydrogen) atoms. The molecule has 60 valence electrons. The van der Waals surface area contributed by atoms with Crippen LogP contribution in [-0.4, -0.2) is 0 Å². The Labute approximate surface area is 80.7 Å². The van der Waals surface area contributed by atoms with Crippen LogP contribution < -0.4 is 9.26 Å². The van der Waals surface area contributed by atoms with E-state index in [1.165, 1.54) is 5.56 Å². The zero-order chi connectivity index (χ0) is 8.27. The molecule has 1 aromatic carbocycles. The van der Waals surface area contributed by atoms with Crippen molar-refractivity contribution in [3.05, 3.63) is 23.8 Å². The molecule has 0 aliphatic heterocycles. The number of nitrogen functional groups attached to an aromatic ring is 1. The molecule has 0 heterocycles. The summed E-state index contributed by atoms with van der Waals surface area (Å²) >= 11 is 2.08. The van der Waals surface area contributed by atoms with Crippen molar-refractivity contribution in [2.45, 2.75) is 13.3 Å². The second-order valence-electron chi connectivity index (χ2n) is 2.37. The average Bonchev–Trinajstić information content (AvgIpc) is 2.05. The van der Waals surface area contributed by atoms with Crippen molar-refractivity contribution in [2.24, 2.45) is 0 Å². The van der Waals surface area contributed by atoms with E-state index >= 15 is 0 Å². The Morgan fingerprint density at radius 1 is 1.55 bits per heavy atom. The van der Waals surface area contributed by atoms with E-state index in [1.54, 1.807) is 0 Å². The third-order valence-electron chi connectivity index (χ3n) is 1.63. The van der Waals surface area contributed by atoms with Crippen molar-refractivity contribution in [1.82, 2.24) is 0 Å². The molecule has 0 bridgehead atoms. The Kier molecular flexibility index (Phi) is 2.99. The third-order valence-corrected chi connectivity index (χ3v) is 2.21. The lowest BCUT2D eigenvalue weighted by Gasteiger charge is -2.04. The molecule has 0 fully saturated rings. The molecule has 0 aromatic heterocycles. The summed E-state index contributed by atoms with van der Waals surface area (Å²) in [6, 6.07) is 6.05. The summed E-state index contributed by atoms with van der Waals surface area (Å²) in [4.78, 5) is 0. The Hall–Kier alpha value is -0.450. The summed E-state index contributed by atoms with van der Waals surface area (Å²) in [7, 11) is 0. The van der Waals surface area contributed by atoms with Crippen LogP contribution in [0, 0.1) is 0 Å². The fourth-order valence-corrected chi connectivity index (χ4v) is 1.37. The van der Waals surface area contributed by atoms with Crippen LogP contribution in [0.5, 0.6) is 0 Å². The summed E-state index contributed by atoms with van der Waals surface area (Å²) in [6.07, 6.45) is 1.05. The van der Waals surface area contributed by atoms with Gasteiger partial charge in [-0.3, -0.25) is 0 Å². The highest BCUT2D eigenvalue weighted by Gasteiger charge is 1.96. The van der Waals surface area contributed by atoms with Crippen LogP contribution in [0.25, 0.3) is 0 Å². The maximum atomic E-state index is 5.69. The molecular weight excluding hydrogens is 251 g/mol. The highest BCUT2D eigenvalue weighted by molar-refractivity contribution is 14.1. The van der Waals surface area contributed by atoms with Crippen LogP contribution in [0.3, 0.4) is 0 Å². The second-order valence-corrected chi connectivity index (χ2v) is 2.91. The third kappa shape index (κ3) is 1.99. The Bertz CT molecular complexity index is 248. The smallest absolute Gasteiger partial charge is 0.0663 e. The largest absolute Gasteiger partial charge is 0.397 e. The topological polar surface area (TPSA) is 38.0 Å². The number of nitrogens with two attached hydrogens (primary N) is 1. The van der Waals surface area contributed by atoms with E-state index in [4.69, 9.17) is 5.73 Å². The molecule has 0 spiro atoms. The van der Waals surface area contributed by atoms with Crippen molar-refractivity contribution < 1.29 is 0 Å². The SMILES string of the molecule is CCc1ccc(N)c(NI)c1. The second kappa shape index (κ2) is 3.80. The van der Waals surface area contributed by atoms with Gasteiger partial charge in [0.25, 0.3) is 0 Å². The summed E-state index contributed by atoms with van der Waals surface area (Å²) < 4.78 is 3.01. The van der Waals surface area contributed by atoms with E-state index in [2.05, 4.69) is 39.4 Å². The minimum atomic E-state index is 0.802. The number of aryl methyl sites for hydroxylation is 1. The zero-order valence-corrected chi connectivity index (χ0v) is 8.55. The van der Waals surface area contributed by atoms with E-state index in [0.29, 0.717) is 0 Å². The molecule has 1 rings (SSSR count). The lowest BCUT2D eigenvalue weighted by molar-refractivity contribution is 1.14. The van der Waals surface area contributed by atoms with Gasteiger partial charge >= 0.3 is 0 Å².